The Morgan fingerprint density at radius 3 is 2.37 bits per heavy atom. The molecule has 0 bridgehead atoms. The second-order valence-electron chi connectivity index (χ2n) is 5.22. The summed E-state index contributed by atoms with van der Waals surface area (Å²) in [5, 5.41) is 0. The molecule has 0 atom stereocenters. The Morgan fingerprint density at radius 1 is 1.11 bits per heavy atom. The highest BCUT2D eigenvalue weighted by molar-refractivity contribution is 5.99. The van der Waals surface area contributed by atoms with Crippen LogP contribution in [-0.2, 0) is 12.8 Å². The van der Waals surface area contributed by atoms with Crippen LogP contribution in [0.25, 0.3) is 0 Å². The van der Waals surface area contributed by atoms with Gasteiger partial charge in [-0.2, -0.15) is 0 Å². The van der Waals surface area contributed by atoms with E-state index >= 15 is 0 Å². The van der Waals surface area contributed by atoms with Gasteiger partial charge in [0.2, 0.25) is 0 Å². The molecule has 0 aromatic heterocycles. The third kappa shape index (κ3) is 2.19. The lowest BCUT2D eigenvalue weighted by Crippen LogP contribution is -2.16. The molecule has 2 aromatic rings. The summed E-state index contributed by atoms with van der Waals surface area (Å²) >= 11 is 0. The molecule has 19 heavy (non-hydrogen) atoms. The van der Waals surface area contributed by atoms with Crippen molar-refractivity contribution >= 4 is 5.78 Å². The average Bonchev–Trinajstić information content (AvgIpc) is 2.84. The van der Waals surface area contributed by atoms with E-state index in [0.29, 0.717) is 0 Å². The second kappa shape index (κ2) is 4.61. The molecule has 0 heterocycles. The van der Waals surface area contributed by atoms with Gasteiger partial charge in [-0.15, -0.1) is 0 Å². The van der Waals surface area contributed by atoms with E-state index < -0.39 is 5.82 Å². The molecule has 0 saturated carbocycles. The molecular weight excluding hydrogens is 239 g/mol. The molecule has 0 N–H and O–H groups in total. The number of halogens is 1. The first-order valence-electron chi connectivity index (χ1n) is 6.52. The van der Waals surface area contributed by atoms with Gasteiger partial charge in [-0.3, -0.25) is 4.79 Å². The molecule has 0 spiro atoms. The van der Waals surface area contributed by atoms with Crippen molar-refractivity contribution in [2.75, 3.05) is 0 Å². The molecular formula is C17H15FO. The lowest BCUT2D eigenvalue weighted by atomic mass is 9.94. The zero-order valence-corrected chi connectivity index (χ0v) is 10.8. The van der Waals surface area contributed by atoms with Crippen LogP contribution in [0.15, 0.2) is 42.5 Å². The van der Waals surface area contributed by atoms with Crippen molar-refractivity contribution < 1.29 is 9.18 Å². The first-order chi connectivity index (χ1) is 9.15. The minimum absolute atomic E-state index is 0.0719. The summed E-state index contributed by atoms with van der Waals surface area (Å²) in [6, 6.07) is 12.8. The molecule has 0 aliphatic heterocycles. The Hall–Kier alpha value is -1.96. The molecule has 1 nitrogen and oxygen atoms in total. The fraction of sp³-hybridized carbons (Fsp3) is 0.235. The van der Waals surface area contributed by atoms with Crippen LogP contribution in [0.2, 0.25) is 0 Å². The predicted molar refractivity (Wildman–Crippen MR) is 72.8 cm³/mol. The van der Waals surface area contributed by atoms with Crippen LogP contribution in [0.1, 0.15) is 27.0 Å². The highest BCUT2D eigenvalue weighted by Crippen LogP contribution is 2.29. The van der Waals surface area contributed by atoms with E-state index in [4.69, 9.17) is 0 Å². The van der Waals surface area contributed by atoms with Crippen LogP contribution < -0.4 is 0 Å². The molecule has 1 aliphatic rings. The molecule has 2 heteroatoms. The van der Waals surface area contributed by atoms with Crippen LogP contribution in [0.3, 0.4) is 0 Å². The third-order valence-corrected chi connectivity index (χ3v) is 3.81. The number of ketones is 1. The Morgan fingerprint density at radius 2 is 1.74 bits per heavy atom. The maximum atomic E-state index is 13.8. The van der Waals surface area contributed by atoms with Gasteiger partial charge in [0.1, 0.15) is 5.82 Å². The van der Waals surface area contributed by atoms with Crippen LogP contribution in [0.5, 0.6) is 0 Å². The number of hydrogen-bond donors (Lipinski definition) is 0. The minimum Gasteiger partial charge on any atom is -0.294 e. The quantitative estimate of drug-likeness (QED) is 0.746. The van der Waals surface area contributed by atoms with Crippen LogP contribution in [0.4, 0.5) is 4.39 Å². The fourth-order valence-corrected chi connectivity index (χ4v) is 2.79. The lowest BCUT2D eigenvalue weighted by Gasteiger charge is -2.09. The molecule has 3 rings (SSSR count). The summed E-state index contributed by atoms with van der Waals surface area (Å²) in [5.74, 6) is -0.599. The highest BCUT2D eigenvalue weighted by Gasteiger charge is 2.29. The van der Waals surface area contributed by atoms with Crippen molar-refractivity contribution in [1.82, 2.24) is 0 Å². The topological polar surface area (TPSA) is 17.1 Å². The molecule has 0 unspecified atom stereocenters. The van der Waals surface area contributed by atoms with E-state index in [1.165, 1.54) is 17.2 Å². The predicted octanol–water partition coefficient (Wildman–Crippen LogP) is 3.73. The largest absolute Gasteiger partial charge is 0.294 e. The van der Waals surface area contributed by atoms with Gasteiger partial charge in [0.15, 0.2) is 5.78 Å². The molecule has 0 amide bonds. The highest BCUT2D eigenvalue weighted by atomic mass is 19.1. The van der Waals surface area contributed by atoms with Crippen molar-refractivity contribution in [3.05, 3.63) is 70.5 Å². The van der Waals surface area contributed by atoms with Crippen LogP contribution in [0, 0.1) is 18.7 Å². The van der Waals surface area contributed by atoms with Gasteiger partial charge in [-0.05, 0) is 43.0 Å². The normalized spacial score (nSPS) is 14.4. The van der Waals surface area contributed by atoms with Gasteiger partial charge in [-0.1, -0.05) is 35.9 Å². The summed E-state index contributed by atoms with van der Waals surface area (Å²) in [7, 11) is 0. The lowest BCUT2D eigenvalue weighted by molar-refractivity contribution is 0.0920. The molecule has 0 fully saturated rings. The fourth-order valence-electron chi connectivity index (χ4n) is 2.79. The van der Waals surface area contributed by atoms with E-state index in [2.05, 4.69) is 12.1 Å². The average molecular weight is 254 g/mol. The van der Waals surface area contributed by atoms with Crippen LogP contribution in [-0.4, -0.2) is 5.78 Å². The number of carbonyl (C=O) groups excluding carboxylic acids is 1. The SMILES string of the molecule is Cc1ccc(F)c(C(=O)C2Cc3ccccc3C2)c1. The maximum absolute atomic E-state index is 13.8. The van der Waals surface area contributed by atoms with E-state index in [1.54, 1.807) is 12.1 Å². The van der Waals surface area contributed by atoms with E-state index in [0.717, 1.165) is 18.4 Å². The molecule has 0 radical (unpaired) electrons. The van der Waals surface area contributed by atoms with Gasteiger partial charge >= 0.3 is 0 Å². The van der Waals surface area contributed by atoms with E-state index in [9.17, 15) is 9.18 Å². The van der Waals surface area contributed by atoms with Gasteiger partial charge in [0, 0.05) is 5.92 Å². The zero-order valence-electron chi connectivity index (χ0n) is 10.8. The van der Waals surface area contributed by atoms with Crippen molar-refractivity contribution in [3.8, 4) is 0 Å². The van der Waals surface area contributed by atoms with Gasteiger partial charge < -0.3 is 0 Å². The molecule has 96 valence electrons. The zero-order chi connectivity index (χ0) is 13.4. The number of hydrogen-bond acceptors (Lipinski definition) is 1. The second-order valence-corrected chi connectivity index (χ2v) is 5.22. The first kappa shape index (κ1) is 12.1. The number of rotatable bonds is 2. The number of Topliss-reactive ketones (excluding diaryl/α,β-unsaturated/α-hetero) is 1. The van der Waals surface area contributed by atoms with Gasteiger partial charge in [0.25, 0.3) is 0 Å². The Kier molecular flexibility index (Phi) is 2.94. The van der Waals surface area contributed by atoms with Gasteiger partial charge in [0.05, 0.1) is 5.56 Å². The molecule has 2 aromatic carbocycles. The van der Waals surface area contributed by atoms with Crippen molar-refractivity contribution in [1.29, 1.82) is 0 Å². The summed E-state index contributed by atoms with van der Waals surface area (Å²) in [4.78, 5) is 12.4. The smallest absolute Gasteiger partial charge is 0.169 e. The Bertz CT molecular complexity index is 620. The van der Waals surface area contributed by atoms with Crippen LogP contribution >= 0.6 is 0 Å². The monoisotopic (exact) mass is 254 g/mol. The first-order valence-corrected chi connectivity index (χ1v) is 6.52. The number of aryl methyl sites for hydroxylation is 1. The number of fused-ring (bicyclic) bond motifs is 1. The third-order valence-electron chi connectivity index (χ3n) is 3.81. The Labute approximate surface area is 112 Å². The number of carbonyl (C=O) groups is 1. The minimum atomic E-state index is -0.411. The number of benzene rings is 2. The summed E-state index contributed by atoms with van der Waals surface area (Å²) in [6.07, 6.45) is 1.45. The summed E-state index contributed by atoms with van der Waals surface area (Å²) in [5.41, 5.74) is 3.58. The van der Waals surface area contributed by atoms with Gasteiger partial charge in [-0.25, -0.2) is 4.39 Å². The van der Waals surface area contributed by atoms with E-state index in [-0.39, 0.29) is 17.3 Å². The van der Waals surface area contributed by atoms with E-state index in [1.807, 2.05) is 19.1 Å². The maximum Gasteiger partial charge on any atom is 0.169 e. The summed E-state index contributed by atoms with van der Waals surface area (Å²) in [6.45, 7) is 1.87. The summed E-state index contributed by atoms with van der Waals surface area (Å²) < 4.78 is 13.8. The van der Waals surface area contributed by atoms with Crippen molar-refractivity contribution in [2.45, 2.75) is 19.8 Å². The van der Waals surface area contributed by atoms with Crippen molar-refractivity contribution in [3.63, 3.8) is 0 Å². The standard InChI is InChI=1S/C17H15FO/c1-11-6-7-16(18)15(8-11)17(19)14-9-12-4-2-3-5-13(12)10-14/h2-8,14H,9-10H2,1H3. The Balaban J connectivity index is 1.89. The molecule has 0 saturated heterocycles. The van der Waals surface area contributed by atoms with Crippen molar-refractivity contribution in [2.24, 2.45) is 5.92 Å². The molecule has 1 aliphatic carbocycles.